The molecule has 4 N–H and O–H groups in total. The number of ketones is 1. The Hall–Kier alpha value is -4.41. The fraction of sp³-hybridized carbons (Fsp3) is 0.260. The summed E-state index contributed by atoms with van der Waals surface area (Å²) in [5.41, 5.74) is 9.42. The van der Waals surface area contributed by atoms with Crippen molar-refractivity contribution in [2.45, 2.75) is 12.8 Å². The van der Waals surface area contributed by atoms with E-state index in [9.17, 15) is 9.59 Å². The molecule has 6 aromatic rings. The fourth-order valence-electron chi connectivity index (χ4n) is 5.75. The number of nitriles is 2. The van der Waals surface area contributed by atoms with Crippen LogP contribution in [0, 0.1) is 22.7 Å². The van der Waals surface area contributed by atoms with Crippen LogP contribution in [0.3, 0.4) is 0 Å². The van der Waals surface area contributed by atoms with E-state index >= 15 is 0 Å². The summed E-state index contributed by atoms with van der Waals surface area (Å²) in [7, 11) is 0. The number of aliphatic hydroxyl groups excluding tert-OH is 1. The number of rotatable bonds is 13. The Labute approximate surface area is 528 Å². The third-order valence-electron chi connectivity index (χ3n) is 8.91. The number of carbonyl (C=O) groups excluding carboxylic acids is 3. The Morgan fingerprint density at radius 3 is 1.48 bits per heavy atom. The number of benzene rings is 4. The second kappa shape index (κ2) is 35.7. The number of nitrogens with zero attached hydrogens (tertiary/aromatic N) is 8. The quantitative estimate of drug-likeness (QED) is 0.0283. The first-order valence-corrected chi connectivity index (χ1v) is 19.8. The van der Waals surface area contributed by atoms with Gasteiger partial charge in [-0.3, -0.25) is 14.4 Å². The Kier molecular flexibility index (Phi) is 20.6. The van der Waals surface area contributed by atoms with E-state index in [1.807, 2.05) is 6.07 Å². The van der Waals surface area contributed by atoms with E-state index < -0.39 is 58.8 Å². The summed E-state index contributed by atoms with van der Waals surface area (Å²) < 4.78 is 137. The molecule has 4 aromatic carbocycles. The molecule has 8 rings (SSSR count). The molecule has 1 amide bonds. The fourth-order valence-corrected chi connectivity index (χ4v) is 5.75. The molecule has 0 radical (unpaired) electrons. The van der Waals surface area contributed by atoms with E-state index in [4.69, 9.17) is 47.6 Å². The van der Waals surface area contributed by atoms with Crippen molar-refractivity contribution >= 4 is 41.9 Å². The van der Waals surface area contributed by atoms with Crippen molar-refractivity contribution in [2.75, 3.05) is 81.7 Å². The maximum atomic E-state index is 12.0. The number of nitrogens with two attached hydrogens (primary N) is 1. The summed E-state index contributed by atoms with van der Waals surface area (Å²) in [5, 5.41) is 36.0. The van der Waals surface area contributed by atoms with Gasteiger partial charge in [-0.25, -0.2) is 19.9 Å². The number of aromatic nitrogens is 4. The number of carbonyl (C=O) groups is 3. The molecule has 0 saturated carbocycles. The Balaban J connectivity index is 0.000000754. The summed E-state index contributed by atoms with van der Waals surface area (Å²) in [6, 6.07) is 32.1. The third-order valence-corrected chi connectivity index (χ3v) is 8.91. The van der Waals surface area contributed by atoms with Gasteiger partial charge in [0.05, 0.1) is 78.2 Å². The van der Waals surface area contributed by atoms with Gasteiger partial charge in [0.25, 0.3) is 12.4 Å². The minimum absolute atomic E-state index is 0. The minimum atomic E-state index is -3.13. The predicted molar refractivity (Wildman–Crippen MR) is 259 cm³/mol. The third kappa shape index (κ3) is 21.3. The maximum absolute atomic E-state index is 12.0. The molecular weight excluding hydrogens is 982 g/mol. The first-order chi connectivity index (χ1) is 39.2. The average Bonchev–Trinajstić information content (AvgIpc) is 0.851. The van der Waals surface area contributed by atoms with Crippen molar-refractivity contribution in [2.24, 2.45) is 5.73 Å². The topological polar surface area (TPSA) is 266 Å². The van der Waals surface area contributed by atoms with Crippen LogP contribution in [-0.4, -0.2) is 115 Å². The van der Waals surface area contributed by atoms with Crippen LogP contribution in [0.25, 0.3) is 22.5 Å². The molecule has 21 heteroatoms. The Bertz CT molecular complexity index is 3310. The van der Waals surface area contributed by atoms with Gasteiger partial charge in [0.1, 0.15) is 24.8 Å². The van der Waals surface area contributed by atoms with E-state index in [1.54, 1.807) is 103 Å². The van der Waals surface area contributed by atoms with Crippen molar-refractivity contribution in [3.8, 4) is 34.7 Å². The van der Waals surface area contributed by atoms with Gasteiger partial charge in [-0.15, -0.1) is 12.4 Å². The standard InChI is InChI=1S/C24H23N5O2.C23H23N3O3.C2H4N2.CH2O3.ClH.2K.H/c25-10-12-27-24(30)20-5-3-19(4-6-20)22-9-11-26-23(28-22)17-18-1-7-21(8-2-18)29-13-15-31-16-14-29;27-16-22(28)19-5-3-18(4-6-19)21-9-10-24-23(25-21)15-17-1-7-20(8-2-17)26-11-13-29-14-12-26;3-1-2-4;2-1-4-3;;;;/h1-9,11H,12-17H2,(H,27,30);1-10,27H,11-16H2;1,3H2;1,3H;1H;;;/q;;;;;2*+1;-1/p-1/i13D2,14D2,15D2,16D2;11D2,12D2,13D2,14D2;;;;;;. The first-order valence-electron chi connectivity index (χ1n) is 27.8. The molecule has 0 spiro atoms. The SMILES string of the molecule is Cl.N#CCN.O=CO[O-].[2H]C1([2H])OC([2H])([2H])C([2H])([2H])N(c2ccc(Cc3nccc(-c4ccc(C(=O)CO)cc4)n3)cc2)C1([2H])[2H].[2H]C1([2H])OC([2H])([2H])C([2H])([2H])N(c2ccc(Cc3nccc(-c4ccc(C(=O)NCC#N)cc4)n3)cc2)C1([2H])[2H].[H-].[K+].[K+]. The van der Waals surface area contributed by atoms with Crippen molar-refractivity contribution in [3.63, 3.8) is 0 Å². The summed E-state index contributed by atoms with van der Waals surface area (Å²) >= 11 is 0. The molecule has 2 aliphatic rings. The molecule has 18 nitrogen and oxygen atoms in total. The molecule has 2 saturated heterocycles. The van der Waals surface area contributed by atoms with Crippen LogP contribution < -0.4 is 129 Å². The normalized spacial score (nSPS) is 21.2. The van der Waals surface area contributed by atoms with E-state index in [-0.39, 0.29) is 172 Å². The zero-order chi connectivity index (χ0) is 62.7. The smallest absolute Gasteiger partial charge is 1.00 e. The largest absolute Gasteiger partial charge is 1.00 e. The van der Waals surface area contributed by atoms with Crippen LogP contribution in [0.2, 0.25) is 0 Å². The molecule has 0 bridgehead atoms. The number of amides is 1. The molecule has 2 fully saturated rings. The summed E-state index contributed by atoms with van der Waals surface area (Å²) in [6.07, 6.45) is 3.72. The average molecular weight is 1050 g/mol. The number of aliphatic hydroxyl groups is 1. The van der Waals surface area contributed by atoms with Gasteiger partial charge in [0, 0.05) is 84.9 Å². The molecule has 360 valence electrons. The van der Waals surface area contributed by atoms with E-state index in [1.165, 1.54) is 24.3 Å². The molecular formula is C50H53ClK2N10O8. The number of halogens is 1. The molecule has 2 aliphatic heterocycles. The summed E-state index contributed by atoms with van der Waals surface area (Å²) in [4.78, 5) is 53.4. The van der Waals surface area contributed by atoms with Crippen LogP contribution in [0.4, 0.5) is 11.4 Å². The van der Waals surface area contributed by atoms with E-state index in [2.05, 4.69) is 45.3 Å². The summed E-state index contributed by atoms with van der Waals surface area (Å²) in [6.45, 7) is -25.3. The Morgan fingerprint density at radius 2 is 1.13 bits per heavy atom. The molecule has 0 unspecified atom stereocenters. The first kappa shape index (κ1) is 41.0. The number of nitrogens with one attached hydrogen (secondary N) is 1. The molecule has 71 heavy (non-hydrogen) atoms. The van der Waals surface area contributed by atoms with Crippen molar-refractivity contribution < 1.29 is 165 Å². The molecule has 4 heterocycles. The number of morpholine rings is 2. The van der Waals surface area contributed by atoms with Crippen LogP contribution in [0.1, 0.15) is 66.9 Å². The minimum Gasteiger partial charge on any atom is -1.00 e. The number of ether oxygens (including phenoxy) is 2. The van der Waals surface area contributed by atoms with Gasteiger partial charge in [0.15, 0.2) is 5.78 Å². The summed E-state index contributed by atoms with van der Waals surface area (Å²) in [5.74, 6) is 0.176. The number of hydrogen-bond acceptors (Lipinski definition) is 17. The predicted octanol–water partition coefficient (Wildman–Crippen LogP) is -1.98. The number of hydrogen-bond donors (Lipinski definition) is 3. The second-order valence-corrected chi connectivity index (χ2v) is 13.3. The van der Waals surface area contributed by atoms with Crippen LogP contribution in [-0.2, 0) is 32.0 Å². The van der Waals surface area contributed by atoms with Gasteiger partial charge in [-0.05, 0) is 59.7 Å². The molecule has 2 aromatic heterocycles. The van der Waals surface area contributed by atoms with Gasteiger partial charge in [-0.1, -0.05) is 60.7 Å². The van der Waals surface area contributed by atoms with Crippen molar-refractivity contribution in [3.05, 3.63) is 155 Å². The second-order valence-electron chi connectivity index (χ2n) is 13.3. The van der Waals surface area contributed by atoms with E-state index in [0.717, 1.165) is 11.1 Å². The van der Waals surface area contributed by atoms with Crippen LogP contribution in [0.5, 0.6) is 0 Å². The molecule has 0 aliphatic carbocycles. The van der Waals surface area contributed by atoms with Crippen molar-refractivity contribution in [1.29, 1.82) is 10.5 Å². The maximum Gasteiger partial charge on any atom is 1.00 e. The monoisotopic (exact) mass is 1050 g/mol. The van der Waals surface area contributed by atoms with E-state index in [0.29, 0.717) is 55.1 Å². The van der Waals surface area contributed by atoms with Gasteiger partial charge >= 0.3 is 103 Å². The number of Topliss-reactive ketones (excluding diaryl/α,β-unsaturated/α-hetero) is 1. The molecule has 0 atom stereocenters. The van der Waals surface area contributed by atoms with Crippen LogP contribution in [0.15, 0.2) is 122 Å². The Morgan fingerprint density at radius 1 is 0.732 bits per heavy atom. The van der Waals surface area contributed by atoms with Crippen LogP contribution >= 0.6 is 12.4 Å². The zero-order valence-corrected chi connectivity index (χ0v) is 45.1. The number of anilines is 2. The zero-order valence-electron chi connectivity index (χ0n) is 55.0. The van der Waals surface area contributed by atoms with Gasteiger partial charge in [0.2, 0.25) is 0 Å². The van der Waals surface area contributed by atoms with Gasteiger partial charge in [-0.2, -0.15) is 10.5 Å². The van der Waals surface area contributed by atoms with Gasteiger partial charge < -0.3 is 47.0 Å². The van der Waals surface area contributed by atoms with Crippen molar-refractivity contribution in [1.82, 2.24) is 25.3 Å².